The molecule has 7 nitrogen and oxygen atoms in total. The van der Waals surface area contributed by atoms with Gasteiger partial charge in [-0.3, -0.25) is 9.59 Å². The van der Waals surface area contributed by atoms with Crippen molar-refractivity contribution in [2.24, 2.45) is 0 Å². The summed E-state index contributed by atoms with van der Waals surface area (Å²) in [6.45, 7) is 0. The predicted molar refractivity (Wildman–Crippen MR) is 106 cm³/mol. The fourth-order valence-electron chi connectivity index (χ4n) is 2.67. The molecule has 0 aliphatic carbocycles. The fraction of sp³-hybridized carbons (Fsp3) is 0. The van der Waals surface area contributed by atoms with Crippen LogP contribution in [0.25, 0.3) is 12.2 Å². The van der Waals surface area contributed by atoms with E-state index in [0.29, 0.717) is 22.8 Å². The van der Waals surface area contributed by atoms with Crippen molar-refractivity contribution in [3.63, 3.8) is 0 Å². The molecule has 0 spiro atoms. The summed E-state index contributed by atoms with van der Waals surface area (Å²) in [7, 11) is 0. The zero-order chi connectivity index (χ0) is 20.2. The van der Waals surface area contributed by atoms with Crippen LogP contribution in [0.2, 0.25) is 0 Å². The molecule has 0 amide bonds. The second kappa shape index (κ2) is 7.81. The molecule has 2 aromatic carbocycles. The summed E-state index contributed by atoms with van der Waals surface area (Å²) in [6, 6.07) is 12.6. The Labute approximate surface area is 162 Å². The van der Waals surface area contributed by atoms with Crippen molar-refractivity contribution >= 4 is 12.2 Å². The monoisotopic (exact) mass is 390 g/mol. The van der Waals surface area contributed by atoms with Gasteiger partial charge in [0.25, 0.3) is 11.1 Å². The van der Waals surface area contributed by atoms with Gasteiger partial charge in [-0.2, -0.15) is 0 Å². The molecule has 0 fully saturated rings. The topological polar surface area (TPSA) is 104 Å². The number of nitrogens with one attached hydrogen (secondary N) is 3. The lowest BCUT2D eigenvalue weighted by Gasteiger charge is -2.06. The maximum atomic E-state index is 13.0. The van der Waals surface area contributed by atoms with Crippen molar-refractivity contribution in [3.05, 3.63) is 110 Å². The fourth-order valence-corrected chi connectivity index (χ4v) is 2.67. The van der Waals surface area contributed by atoms with Crippen LogP contribution in [-0.2, 0) is 0 Å². The van der Waals surface area contributed by atoms with Crippen LogP contribution in [0.15, 0.2) is 70.6 Å². The number of imidazole rings is 1. The summed E-state index contributed by atoms with van der Waals surface area (Å²) in [5.41, 5.74) is 0.356. The third-order valence-corrected chi connectivity index (χ3v) is 4.02. The maximum Gasteiger partial charge on any atom is 0.272 e. The van der Waals surface area contributed by atoms with E-state index in [0.717, 1.165) is 0 Å². The molecule has 144 valence electrons. The molecule has 0 unspecified atom stereocenters. The van der Waals surface area contributed by atoms with Crippen molar-refractivity contribution in [1.29, 1.82) is 0 Å². The Hall–Kier alpha value is -4.20. The normalized spacial score (nSPS) is 12.3. The molecule has 0 aliphatic heterocycles. The lowest BCUT2D eigenvalue weighted by atomic mass is 10.2. The van der Waals surface area contributed by atoms with Crippen LogP contribution in [0, 0.1) is 5.82 Å². The molecule has 0 bridgehead atoms. The van der Waals surface area contributed by atoms with E-state index in [1.54, 1.807) is 24.3 Å². The van der Waals surface area contributed by atoms with E-state index in [1.807, 2.05) is 0 Å². The van der Waals surface area contributed by atoms with E-state index in [2.05, 4.69) is 19.9 Å². The molecule has 0 aliphatic rings. The number of hydrogen-bond donors (Lipinski definition) is 3. The van der Waals surface area contributed by atoms with Crippen molar-refractivity contribution in [3.8, 4) is 11.5 Å². The third-order valence-electron chi connectivity index (χ3n) is 4.02. The smallest absolute Gasteiger partial charge is 0.272 e. The number of halogens is 1. The predicted octanol–water partition coefficient (Wildman–Crippen LogP) is 1.38. The van der Waals surface area contributed by atoms with Gasteiger partial charge < -0.3 is 19.7 Å². The SMILES string of the molecule is O=c1[nH]/c(=C\c2cnc[nH]2)c(=O)[nH]/c1=C\c1cccc(Oc2ccc(F)cc2)c1. The summed E-state index contributed by atoms with van der Waals surface area (Å²) in [4.78, 5) is 36.5. The Morgan fingerprint density at radius 3 is 2.31 bits per heavy atom. The zero-order valence-corrected chi connectivity index (χ0v) is 15.0. The van der Waals surface area contributed by atoms with Gasteiger partial charge in [0.15, 0.2) is 0 Å². The zero-order valence-electron chi connectivity index (χ0n) is 15.0. The first-order valence-electron chi connectivity index (χ1n) is 8.65. The molecule has 0 saturated carbocycles. The van der Waals surface area contributed by atoms with E-state index < -0.39 is 11.1 Å². The number of ether oxygens (including phenoxy) is 1. The maximum absolute atomic E-state index is 13.0. The van der Waals surface area contributed by atoms with Crippen molar-refractivity contribution < 1.29 is 9.13 Å². The molecule has 8 heteroatoms. The average molecular weight is 390 g/mol. The van der Waals surface area contributed by atoms with E-state index in [-0.39, 0.29) is 16.5 Å². The number of H-pyrrole nitrogens is 3. The first kappa shape index (κ1) is 18.2. The lowest BCUT2D eigenvalue weighted by Crippen LogP contribution is -2.46. The van der Waals surface area contributed by atoms with E-state index in [9.17, 15) is 14.0 Å². The van der Waals surface area contributed by atoms with Gasteiger partial charge in [0.05, 0.1) is 18.2 Å². The van der Waals surface area contributed by atoms with Gasteiger partial charge in [-0.1, -0.05) is 12.1 Å². The van der Waals surface area contributed by atoms with E-state index in [4.69, 9.17) is 4.74 Å². The highest BCUT2D eigenvalue weighted by Crippen LogP contribution is 2.22. The molecular formula is C21H15FN4O3. The Morgan fingerprint density at radius 2 is 1.62 bits per heavy atom. The van der Waals surface area contributed by atoms with Crippen LogP contribution < -0.4 is 26.6 Å². The number of hydrogen-bond acceptors (Lipinski definition) is 4. The summed E-state index contributed by atoms with van der Waals surface area (Å²) < 4.78 is 18.7. The van der Waals surface area contributed by atoms with Crippen LogP contribution in [0.5, 0.6) is 11.5 Å². The third kappa shape index (κ3) is 4.38. The highest BCUT2D eigenvalue weighted by atomic mass is 19.1. The quantitative estimate of drug-likeness (QED) is 0.490. The van der Waals surface area contributed by atoms with Gasteiger partial charge in [0, 0.05) is 0 Å². The minimum Gasteiger partial charge on any atom is -0.457 e. The van der Waals surface area contributed by atoms with E-state index >= 15 is 0 Å². The van der Waals surface area contributed by atoms with Gasteiger partial charge in [-0.05, 0) is 54.1 Å². The minimum atomic E-state index is -0.444. The van der Waals surface area contributed by atoms with Crippen molar-refractivity contribution in [1.82, 2.24) is 19.9 Å². The second-order valence-corrected chi connectivity index (χ2v) is 6.16. The largest absolute Gasteiger partial charge is 0.457 e. The van der Waals surface area contributed by atoms with Crippen LogP contribution in [0.1, 0.15) is 11.3 Å². The lowest BCUT2D eigenvalue weighted by molar-refractivity contribution is 0.480. The van der Waals surface area contributed by atoms with Gasteiger partial charge in [0.2, 0.25) is 0 Å². The Bertz CT molecular complexity index is 1370. The van der Waals surface area contributed by atoms with Crippen LogP contribution >= 0.6 is 0 Å². The Morgan fingerprint density at radius 1 is 0.897 bits per heavy atom. The standard InChI is InChI=1S/C21H15FN4O3/c22-14-4-6-16(7-5-14)29-17-3-1-2-13(8-17)9-18-20(27)26-19(21(28)25-18)10-15-11-23-12-24-15/h1-12H,(H,23,24)(H,25,28)(H,26,27)/b18-9-,19-10-. The molecule has 2 heterocycles. The van der Waals surface area contributed by atoms with Crippen LogP contribution in [0.3, 0.4) is 0 Å². The average Bonchev–Trinajstić information content (AvgIpc) is 3.21. The summed E-state index contributed by atoms with van der Waals surface area (Å²) in [6.07, 6.45) is 6.04. The van der Waals surface area contributed by atoms with Gasteiger partial charge in [-0.25, -0.2) is 9.37 Å². The molecule has 4 aromatic rings. The minimum absolute atomic E-state index is 0.107. The summed E-state index contributed by atoms with van der Waals surface area (Å²) >= 11 is 0. The molecule has 3 N–H and O–H groups in total. The number of aromatic nitrogens is 4. The number of nitrogens with zero attached hydrogens (tertiary/aromatic N) is 1. The Balaban J connectivity index is 1.68. The van der Waals surface area contributed by atoms with E-state index in [1.165, 1.54) is 48.9 Å². The van der Waals surface area contributed by atoms with Gasteiger partial charge in [-0.15, -0.1) is 0 Å². The molecular weight excluding hydrogens is 375 g/mol. The first-order chi connectivity index (χ1) is 14.1. The van der Waals surface area contributed by atoms with Crippen LogP contribution in [-0.4, -0.2) is 19.9 Å². The van der Waals surface area contributed by atoms with Crippen molar-refractivity contribution in [2.45, 2.75) is 0 Å². The summed E-state index contributed by atoms with van der Waals surface area (Å²) in [5.74, 6) is 0.637. The van der Waals surface area contributed by atoms with Gasteiger partial charge >= 0.3 is 0 Å². The molecule has 2 aromatic heterocycles. The first-order valence-corrected chi connectivity index (χ1v) is 8.65. The number of rotatable bonds is 4. The second-order valence-electron chi connectivity index (χ2n) is 6.16. The van der Waals surface area contributed by atoms with Crippen molar-refractivity contribution in [2.75, 3.05) is 0 Å². The molecule has 4 rings (SSSR count). The van der Waals surface area contributed by atoms with Gasteiger partial charge in [0.1, 0.15) is 28.0 Å². The number of aromatic amines is 3. The highest BCUT2D eigenvalue weighted by Gasteiger charge is 2.01. The van der Waals surface area contributed by atoms with Crippen LogP contribution in [0.4, 0.5) is 4.39 Å². The highest BCUT2D eigenvalue weighted by molar-refractivity contribution is 5.51. The summed E-state index contributed by atoms with van der Waals surface area (Å²) in [5, 5.41) is 0.223. The molecule has 0 radical (unpaired) electrons. The Kier molecular flexibility index (Phi) is 4.90. The number of benzene rings is 2. The molecule has 29 heavy (non-hydrogen) atoms. The molecule has 0 atom stereocenters. The molecule has 0 saturated heterocycles.